The van der Waals surface area contributed by atoms with E-state index >= 15 is 0 Å². The third-order valence-corrected chi connectivity index (χ3v) is 10.5. The number of ketones is 1. The van der Waals surface area contributed by atoms with Crippen LogP contribution in [0.25, 0.3) is 0 Å². The van der Waals surface area contributed by atoms with Gasteiger partial charge in [0.15, 0.2) is 14.1 Å². The molecule has 0 amide bonds. The van der Waals surface area contributed by atoms with Gasteiger partial charge < -0.3 is 9.16 Å². The lowest BCUT2D eigenvalue weighted by molar-refractivity contribution is -0.152. The second kappa shape index (κ2) is 9.84. The van der Waals surface area contributed by atoms with Gasteiger partial charge in [-0.05, 0) is 36.5 Å². The van der Waals surface area contributed by atoms with Crippen molar-refractivity contribution in [1.29, 1.82) is 0 Å². The maximum Gasteiger partial charge on any atom is 0.306 e. The Morgan fingerprint density at radius 3 is 2.18 bits per heavy atom. The maximum atomic E-state index is 13.1. The fraction of sp³-hybridized carbons (Fsp3) is 0.652. The molecular formula is C23H36O4Si. The molecule has 0 radical (unpaired) electrons. The fourth-order valence-corrected chi connectivity index (χ4v) is 4.49. The van der Waals surface area contributed by atoms with E-state index in [4.69, 9.17) is 9.16 Å². The van der Waals surface area contributed by atoms with Gasteiger partial charge in [-0.3, -0.25) is 9.59 Å². The van der Waals surface area contributed by atoms with Gasteiger partial charge in [-0.1, -0.05) is 63.9 Å². The molecule has 0 unspecified atom stereocenters. The van der Waals surface area contributed by atoms with Crippen LogP contribution in [0.15, 0.2) is 30.3 Å². The minimum absolute atomic E-state index is 0.00981. The second-order valence-electron chi connectivity index (χ2n) is 9.37. The van der Waals surface area contributed by atoms with Crippen molar-refractivity contribution in [1.82, 2.24) is 0 Å². The molecule has 0 bridgehead atoms. The molecule has 0 aliphatic carbocycles. The zero-order valence-corrected chi connectivity index (χ0v) is 19.1. The van der Waals surface area contributed by atoms with Gasteiger partial charge in [0.05, 0.1) is 0 Å². The minimum atomic E-state index is -2.13. The van der Waals surface area contributed by atoms with Gasteiger partial charge in [-0.2, -0.15) is 0 Å². The lowest BCUT2D eigenvalue weighted by Crippen LogP contribution is -2.46. The summed E-state index contributed by atoms with van der Waals surface area (Å²) in [5.41, 5.74) is 0.921. The summed E-state index contributed by atoms with van der Waals surface area (Å²) in [7, 11) is -2.13. The molecule has 1 aromatic rings. The van der Waals surface area contributed by atoms with Crippen LogP contribution >= 0.6 is 0 Å². The molecule has 1 saturated heterocycles. The van der Waals surface area contributed by atoms with Crippen molar-refractivity contribution < 1.29 is 18.8 Å². The number of carbonyl (C=O) groups excluding carboxylic acids is 2. The zero-order chi connectivity index (χ0) is 20.8. The van der Waals surface area contributed by atoms with Gasteiger partial charge in [-0.15, -0.1) is 0 Å². The standard InChI is InChI=1S/C23H36O4Si/c1-23(2,3)28(4,5)27-21-17-20(18-13-9-8-10-14-18)26-22(25)16-12-7-6-11-15-19(21)24/h8-10,13-14,20-21H,6-7,11-12,15-17H2,1-5H3/t20-,21-/m1/s1. The number of ether oxygens (including phenoxy) is 1. The number of carbonyl (C=O) groups is 2. The Kier molecular flexibility index (Phi) is 8.02. The molecule has 0 aromatic heterocycles. The third-order valence-electron chi connectivity index (χ3n) is 6.03. The Bertz CT molecular complexity index is 648. The highest BCUT2D eigenvalue weighted by molar-refractivity contribution is 6.74. The first-order chi connectivity index (χ1) is 13.1. The highest BCUT2D eigenvalue weighted by atomic mass is 28.4. The molecule has 0 spiro atoms. The number of rotatable bonds is 3. The molecule has 1 aliphatic rings. The van der Waals surface area contributed by atoms with E-state index in [9.17, 15) is 9.59 Å². The SMILES string of the molecule is CC(C)(C)[Si](C)(C)O[C@@H]1C[C@H](c2ccccc2)OC(=O)CCCCCCC1=O. The summed E-state index contributed by atoms with van der Waals surface area (Å²) in [5.74, 6) is -0.0460. The summed E-state index contributed by atoms with van der Waals surface area (Å²) in [6.07, 6.45) is 3.98. The lowest BCUT2D eigenvalue weighted by atomic mass is 9.97. The average molecular weight is 405 g/mol. The Hall–Kier alpha value is -1.46. The number of benzene rings is 1. The van der Waals surface area contributed by atoms with Crippen LogP contribution in [0.4, 0.5) is 0 Å². The van der Waals surface area contributed by atoms with Crippen LogP contribution in [0.3, 0.4) is 0 Å². The van der Waals surface area contributed by atoms with Gasteiger partial charge in [-0.25, -0.2) is 0 Å². The molecular weight excluding hydrogens is 368 g/mol. The number of cyclic esters (lactones) is 1. The van der Waals surface area contributed by atoms with Crippen LogP contribution in [-0.2, 0) is 18.8 Å². The number of hydrogen-bond acceptors (Lipinski definition) is 4. The van der Waals surface area contributed by atoms with Crippen molar-refractivity contribution in [2.45, 2.75) is 96.1 Å². The van der Waals surface area contributed by atoms with Crippen molar-refractivity contribution in [2.24, 2.45) is 0 Å². The Morgan fingerprint density at radius 2 is 1.57 bits per heavy atom. The molecule has 2 rings (SSSR count). The van der Waals surface area contributed by atoms with Crippen LogP contribution in [-0.4, -0.2) is 26.2 Å². The number of Topliss-reactive ketones (excluding diaryl/α,β-unsaturated/α-hetero) is 1. The topological polar surface area (TPSA) is 52.6 Å². The Morgan fingerprint density at radius 1 is 0.964 bits per heavy atom. The van der Waals surface area contributed by atoms with Crippen LogP contribution in [0.5, 0.6) is 0 Å². The Balaban J connectivity index is 2.31. The Labute approximate surface area is 171 Å². The smallest absolute Gasteiger partial charge is 0.306 e. The van der Waals surface area contributed by atoms with E-state index in [1.165, 1.54) is 0 Å². The summed E-state index contributed by atoms with van der Waals surface area (Å²) in [6.45, 7) is 10.9. The first kappa shape index (κ1) is 22.8. The summed E-state index contributed by atoms with van der Waals surface area (Å²) in [5, 5.41) is 0.00981. The molecule has 1 aliphatic heterocycles. The molecule has 5 heteroatoms. The summed E-state index contributed by atoms with van der Waals surface area (Å²) < 4.78 is 12.4. The van der Waals surface area contributed by atoms with Gasteiger partial charge >= 0.3 is 5.97 Å². The van der Waals surface area contributed by atoms with E-state index < -0.39 is 20.5 Å². The van der Waals surface area contributed by atoms with Crippen LogP contribution in [0.1, 0.15) is 77.4 Å². The third kappa shape index (κ3) is 6.56. The fourth-order valence-electron chi connectivity index (χ4n) is 3.19. The molecule has 1 fully saturated rings. The van der Waals surface area contributed by atoms with Gasteiger partial charge in [0.25, 0.3) is 0 Å². The second-order valence-corrected chi connectivity index (χ2v) is 14.1. The van der Waals surface area contributed by atoms with E-state index in [1.807, 2.05) is 30.3 Å². The highest BCUT2D eigenvalue weighted by Crippen LogP contribution is 2.39. The van der Waals surface area contributed by atoms with Gasteiger partial charge in [0.1, 0.15) is 12.2 Å². The molecule has 2 atom stereocenters. The summed E-state index contributed by atoms with van der Waals surface area (Å²) in [4.78, 5) is 25.4. The van der Waals surface area contributed by atoms with E-state index in [1.54, 1.807) is 0 Å². The number of esters is 1. The van der Waals surface area contributed by atoms with Crippen molar-refractivity contribution in [2.75, 3.05) is 0 Å². The van der Waals surface area contributed by atoms with E-state index in [0.29, 0.717) is 19.3 Å². The minimum Gasteiger partial charge on any atom is -0.457 e. The zero-order valence-electron chi connectivity index (χ0n) is 18.1. The summed E-state index contributed by atoms with van der Waals surface area (Å²) >= 11 is 0. The van der Waals surface area contributed by atoms with Crippen LogP contribution in [0, 0.1) is 0 Å². The summed E-state index contributed by atoms with van der Waals surface area (Å²) in [6, 6.07) is 9.72. The maximum absolute atomic E-state index is 13.1. The van der Waals surface area contributed by atoms with Crippen molar-refractivity contribution >= 4 is 20.1 Å². The first-order valence-corrected chi connectivity index (χ1v) is 13.5. The molecule has 28 heavy (non-hydrogen) atoms. The molecule has 156 valence electrons. The van der Waals surface area contributed by atoms with E-state index in [-0.39, 0.29) is 16.8 Å². The average Bonchev–Trinajstić information content (AvgIpc) is 2.61. The van der Waals surface area contributed by atoms with Crippen LogP contribution in [0.2, 0.25) is 18.1 Å². The monoisotopic (exact) mass is 404 g/mol. The van der Waals surface area contributed by atoms with E-state index in [2.05, 4.69) is 33.9 Å². The van der Waals surface area contributed by atoms with Crippen molar-refractivity contribution in [3.05, 3.63) is 35.9 Å². The van der Waals surface area contributed by atoms with Gasteiger partial charge in [0, 0.05) is 19.3 Å². The number of hydrogen-bond donors (Lipinski definition) is 0. The predicted octanol–water partition coefficient (Wildman–Crippen LogP) is 5.97. The molecule has 1 heterocycles. The molecule has 0 saturated carbocycles. The molecule has 1 aromatic carbocycles. The molecule has 0 N–H and O–H groups in total. The van der Waals surface area contributed by atoms with Gasteiger partial charge in [0.2, 0.25) is 0 Å². The van der Waals surface area contributed by atoms with E-state index in [0.717, 1.165) is 31.2 Å². The quantitative estimate of drug-likeness (QED) is 0.460. The molecule has 4 nitrogen and oxygen atoms in total. The predicted molar refractivity (Wildman–Crippen MR) is 115 cm³/mol. The lowest BCUT2D eigenvalue weighted by Gasteiger charge is -2.39. The normalized spacial score (nSPS) is 23.5. The first-order valence-electron chi connectivity index (χ1n) is 10.5. The largest absolute Gasteiger partial charge is 0.457 e. The van der Waals surface area contributed by atoms with Crippen LogP contribution < -0.4 is 0 Å². The highest BCUT2D eigenvalue weighted by Gasteiger charge is 2.41. The van der Waals surface area contributed by atoms with Crippen molar-refractivity contribution in [3.8, 4) is 0 Å². The van der Waals surface area contributed by atoms with Crippen molar-refractivity contribution in [3.63, 3.8) is 0 Å².